The number of pyridine rings is 1. The minimum atomic E-state index is 0.215. The Morgan fingerprint density at radius 2 is 2.00 bits per heavy atom. The molecule has 0 aliphatic heterocycles. The van der Waals surface area contributed by atoms with Gasteiger partial charge in [-0.1, -0.05) is 6.07 Å². The largest absolute Gasteiger partial charge is 0.507 e. The Hall–Kier alpha value is -1.66. The fraction of sp³-hybridized carbons (Fsp3) is 0.250. The molecule has 0 amide bonds. The van der Waals surface area contributed by atoms with Gasteiger partial charge < -0.3 is 10.4 Å². The molecule has 0 atom stereocenters. The molecule has 0 spiro atoms. The van der Waals surface area contributed by atoms with Gasteiger partial charge in [-0.25, -0.2) is 9.97 Å². The quantitative estimate of drug-likeness (QED) is 0.677. The third-order valence-electron chi connectivity index (χ3n) is 3.27. The standard InChI is InChI=1S/C16H16BrN3OS/c1-8(2)18-16-20-12(7-22-16)11-6-13(21)10-5-4-9(3)14(17)15(10)19-11/h4-8H,1-3H3,(H,18,20)(H,19,21). The van der Waals surface area contributed by atoms with Gasteiger partial charge in [0.1, 0.15) is 11.4 Å². The second kappa shape index (κ2) is 5.85. The van der Waals surface area contributed by atoms with Crippen molar-refractivity contribution in [2.45, 2.75) is 26.8 Å². The van der Waals surface area contributed by atoms with Gasteiger partial charge in [-0.2, -0.15) is 0 Å². The molecule has 0 bridgehead atoms. The lowest BCUT2D eigenvalue weighted by atomic mass is 10.1. The van der Waals surface area contributed by atoms with Crippen LogP contribution in [-0.4, -0.2) is 21.1 Å². The van der Waals surface area contributed by atoms with Gasteiger partial charge >= 0.3 is 0 Å². The van der Waals surface area contributed by atoms with E-state index in [1.807, 2.05) is 24.4 Å². The molecule has 0 saturated heterocycles. The van der Waals surface area contributed by atoms with Crippen molar-refractivity contribution in [3.63, 3.8) is 0 Å². The first kappa shape index (κ1) is 15.2. The summed E-state index contributed by atoms with van der Waals surface area (Å²) in [5, 5.41) is 17.1. The van der Waals surface area contributed by atoms with Crippen LogP contribution in [0.25, 0.3) is 22.3 Å². The summed E-state index contributed by atoms with van der Waals surface area (Å²) in [6.07, 6.45) is 0. The van der Waals surface area contributed by atoms with Crippen LogP contribution in [0.3, 0.4) is 0 Å². The summed E-state index contributed by atoms with van der Waals surface area (Å²) in [4.78, 5) is 9.21. The normalized spacial score (nSPS) is 11.3. The lowest BCUT2D eigenvalue weighted by molar-refractivity contribution is 0.481. The highest BCUT2D eigenvalue weighted by atomic mass is 79.9. The first-order valence-corrected chi connectivity index (χ1v) is 8.64. The third-order valence-corrected chi connectivity index (χ3v) is 5.04. The number of aromatic nitrogens is 2. The van der Waals surface area contributed by atoms with E-state index < -0.39 is 0 Å². The molecule has 22 heavy (non-hydrogen) atoms. The highest BCUT2D eigenvalue weighted by Gasteiger charge is 2.13. The first-order valence-electron chi connectivity index (χ1n) is 6.97. The zero-order valence-electron chi connectivity index (χ0n) is 12.5. The van der Waals surface area contributed by atoms with E-state index in [2.05, 4.69) is 45.1 Å². The molecule has 3 rings (SSSR count). The number of halogens is 1. The van der Waals surface area contributed by atoms with Gasteiger partial charge in [0, 0.05) is 27.3 Å². The molecule has 0 radical (unpaired) electrons. The molecular weight excluding hydrogens is 362 g/mol. The van der Waals surface area contributed by atoms with Crippen molar-refractivity contribution in [1.82, 2.24) is 9.97 Å². The molecule has 0 unspecified atom stereocenters. The molecule has 114 valence electrons. The summed E-state index contributed by atoms with van der Waals surface area (Å²) in [5.41, 5.74) is 3.27. The molecule has 0 saturated carbocycles. The Bertz CT molecular complexity index is 845. The monoisotopic (exact) mass is 377 g/mol. The van der Waals surface area contributed by atoms with Crippen molar-refractivity contribution in [1.29, 1.82) is 0 Å². The maximum Gasteiger partial charge on any atom is 0.183 e. The molecule has 2 heterocycles. The van der Waals surface area contributed by atoms with Crippen LogP contribution in [0.2, 0.25) is 0 Å². The SMILES string of the molecule is Cc1ccc2c(O)cc(-c3csc(NC(C)C)n3)nc2c1Br. The molecule has 3 aromatic rings. The van der Waals surface area contributed by atoms with E-state index in [1.165, 1.54) is 11.3 Å². The van der Waals surface area contributed by atoms with Gasteiger partial charge in [0.2, 0.25) is 0 Å². The van der Waals surface area contributed by atoms with Gasteiger partial charge in [0.05, 0.1) is 11.2 Å². The van der Waals surface area contributed by atoms with Gasteiger partial charge in [-0.3, -0.25) is 0 Å². The Kier molecular flexibility index (Phi) is 4.06. The molecule has 1 aromatic carbocycles. The summed E-state index contributed by atoms with van der Waals surface area (Å²) in [5.74, 6) is 0.215. The zero-order valence-corrected chi connectivity index (χ0v) is 14.9. The minimum Gasteiger partial charge on any atom is -0.507 e. The van der Waals surface area contributed by atoms with E-state index in [9.17, 15) is 5.11 Å². The minimum absolute atomic E-state index is 0.215. The van der Waals surface area contributed by atoms with Crippen LogP contribution in [0.4, 0.5) is 5.13 Å². The number of hydrogen-bond acceptors (Lipinski definition) is 5. The van der Waals surface area contributed by atoms with Crippen LogP contribution in [0.5, 0.6) is 5.75 Å². The molecule has 6 heteroatoms. The molecule has 0 aliphatic carbocycles. The van der Waals surface area contributed by atoms with E-state index in [4.69, 9.17) is 0 Å². The fourth-order valence-electron chi connectivity index (χ4n) is 2.18. The van der Waals surface area contributed by atoms with Crippen molar-refractivity contribution in [3.05, 3.63) is 33.6 Å². The van der Waals surface area contributed by atoms with Gasteiger partial charge in [-0.05, 0) is 48.3 Å². The maximum absolute atomic E-state index is 10.3. The lowest BCUT2D eigenvalue weighted by Gasteiger charge is -2.08. The van der Waals surface area contributed by atoms with Crippen LogP contribution in [0.15, 0.2) is 28.1 Å². The van der Waals surface area contributed by atoms with Crippen LogP contribution in [0, 0.1) is 6.92 Å². The van der Waals surface area contributed by atoms with Crippen LogP contribution < -0.4 is 5.32 Å². The third kappa shape index (κ3) is 2.80. The van der Waals surface area contributed by atoms with Crippen LogP contribution >= 0.6 is 27.3 Å². The second-order valence-electron chi connectivity index (χ2n) is 5.46. The Morgan fingerprint density at radius 1 is 1.23 bits per heavy atom. The van der Waals surface area contributed by atoms with Crippen molar-refractivity contribution in [2.24, 2.45) is 0 Å². The second-order valence-corrected chi connectivity index (χ2v) is 7.11. The Labute approximate surface area is 141 Å². The van der Waals surface area contributed by atoms with Gasteiger partial charge in [0.15, 0.2) is 5.13 Å². The number of benzene rings is 1. The van der Waals surface area contributed by atoms with Crippen molar-refractivity contribution >= 4 is 43.3 Å². The summed E-state index contributed by atoms with van der Waals surface area (Å²) in [6, 6.07) is 5.84. The molecule has 4 nitrogen and oxygen atoms in total. The maximum atomic E-state index is 10.3. The van der Waals surface area contributed by atoms with Crippen molar-refractivity contribution in [2.75, 3.05) is 5.32 Å². The van der Waals surface area contributed by atoms with Gasteiger partial charge in [-0.15, -0.1) is 11.3 Å². The number of thiazole rings is 1. The van der Waals surface area contributed by atoms with E-state index in [0.29, 0.717) is 11.7 Å². The Morgan fingerprint density at radius 3 is 2.73 bits per heavy atom. The summed E-state index contributed by atoms with van der Waals surface area (Å²) >= 11 is 5.09. The van der Waals surface area contributed by atoms with E-state index in [1.54, 1.807) is 6.07 Å². The number of hydrogen-bond donors (Lipinski definition) is 2. The lowest BCUT2D eigenvalue weighted by Crippen LogP contribution is -2.09. The summed E-state index contributed by atoms with van der Waals surface area (Å²) < 4.78 is 0.901. The number of aromatic hydroxyl groups is 1. The number of fused-ring (bicyclic) bond motifs is 1. The summed E-state index contributed by atoms with van der Waals surface area (Å²) in [6.45, 7) is 6.14. The smallest absolute Gasteiger partial charge is 0.183 e. The van der Waals surface area contributed by atoms with Crippen LogP contribution in [0.1, 0.15) is 19.4 Å². The molecule has 0 aliphatic rings. The number of aryl methyl sites for hydroxylation is 1. The molecular formula is C16H16BrN3OS. The average molecular weight is 378 g/mol. The van der Waals surface area contributed by atoms with Crippen LogP contribution in [-0.2, 0) is 0 Å². The number of nitrogens with one attached hydrogen (secondary N) is 1. The predicted molar refractivity (Wildman–Crippen MR) is 95.7 cm³/mol. The Balaban J connectivity index is 2.11. The fourth-order valence-corrected chi connectivity index (χ4v) is 3.46. The van der Waals surface area contributed by atoms with E-state index >= 15 is 0 Å². The number of anilines is 1. The molecule has 0 fully saturated rings. The summed E-state index contributed by atoms with van der Waals surface area (Å²) in [7, 11) is 0. The molecule has 2 aromatic heterocycles. The number of nitrogens with zero attached hydrogens (tertiary/aromatic N) is 2. The van der Waals surface area contributed by atoms with Crippen molar-refractivity contribution < 1.29 is 5.11 Å². The first-order chi connectivity index (χ1) is 10.5. The van der Waals surface area contributed by atoms with Gasteiger partial charge in [0.25, 0.3) is 0 Å². The predicted octanol–water partition coefficient (Wildman–Crippen LogP) is 4.96. The van der Waals surface area contributed by atoms with Crippen molar-refractivity contribution in [3.8, 4) is 17.1 Å². The zero-order chi connectivity index (χ0) is 15.9. The van der Waals surface area contributed by atoms with E-state index in [0.717, 1.165) is 31.8 Å². The average Bonchev–Trinajstić information content (AvgIpc) is 2.90. The topological polar surface area (TPSA) is 58.0 Å². The highest BCUT2D eigenvalue weighted by Crippen LogP contribution is 2.35. The molecule has 2 N–H and O–H groups in total. The highest BCUT2D eigenvalue weighted by molar-refractivity contribution is 9.10. The van der Waals surface area contributed by atoms with E-state index in [-0.39, 0.29) is 5.75 Å². The number of rotatable bonds is 3.